The molecule has 0 saturated carbocycles. The molecule has 0 aliphatic heterocycles. The number of carbonyl (C=O) groups excluding carboxylic acids is 1. The highest BCUT2D eigenvalue weighted by Gasteiger charge is 2.17. The third-order valence-electron chi connectivity index (χ3n) is 3.27. The first kappa shape index (κ1) is 16.9. The second-order valence-electron chi connectivity index (χ2n) is 6.51. The fourth-order valence-corrected chi connectivity index (χ4v) is 2.30. The number of nitrogens with one attached hydrogen (secondary N) is 1. The summed E-state index contributed by atoms with van der Waals surface area (Å²) in [4.78, 5) is 29.2. The molecule has 1 heterocycles. The number of amides is 1. The lowest BCUT2D eigenvalue weighted by atomic mass is 10.1. The molecule has 1 amide bonds. The number of benzene rings is 1. The Balaban J connectivity index is 2.46. The smallest absolute Gasteiger partial charge is 0.254 e. The van der Waals surface area contributed by atoms with Gasteiger partial charge in [-0.3, -0.25) is 14.2 Å². The average molecular weight is 313 g/mol. The second kappa shape index (κ2) is 6.77. The van der Waals surface area contributed by atoms with Crippen molar-refractivity contribution in [3.63, 3.8) is 0 Å². The van der Waals surface area contributed by atoms with Crippen LogP contribution in [0.25, 0.3) is 11.4 Å². The Kier molecular flexibility index (Phi) is 4.98. The van der Waals surface area contributed by atoms with E-state index in [9.17, 15) is 9.59 Å². The van der Waals surface area contributed by atoms with E-state index < -0.39 is 0 Å². The summed E-state index contributed by atoms with van der Waals surface area (Å²) in [6, 6.07) is 11.0. The van der Waals surface area contributed by atoms with Crippen LogP contribution in [-0.2, 0) is 17.8 Å². The van der Waals surface area contributed by atoms with Crippen molar-refractivity contribution in [1.29, 1.82) is 0 Å². The molecule has 23 heavy (non-hydrogen) atoms. The number of rotatable bonds is 4. The lowest BCUT2D eigenvalue weighted by Gasteiger charge is -2.21. The highest BCUT2D eigenvalue weighted by Crippen LogP contribution is 2.16. The third-order valence-corrected chi connectivity index (χ3v) is 3.27. The van der Waals surface area contributed by atoms with Crippen molar-refractivity contribution in [2.24, 2.45) is 0 Å². The number of carbonyl (C=O) groups is 1. The zero-order valence-electron chi connectivity index (χ0n) is 14.1. The monoisotopic (exact) mass is 313 g/mol. The van der Waals surface area contributed by atoms with Crippen LogP contribution < -0.4 is 10.9 Å². The van der Waals surface area contributed by atoms with Crippen LogP contribution in [0.15, 0.2) is 41.2 Å². The summed E-state index contributed by atoms with van der Waals surface area (Å²) in [5.41, 5.74) is 0.995. The van der Waals surface area contributed by atoms with Gasteiger partial charge in [0.1, 0.15) is 12.4 Å². The molecule has 0 radical (unpaired) electrons. The normalized spacial score (nSPS) is 11.3. The minimum absolute atomic E-state index is 0.0443. The predicted molar refractivity (Wildman–Crippen MR) is 91.2 cm³/mol. The maximum absolute atomic E-state index is 12.4. The van der Waals surface area contributed by atoms with Crippen molar-refractivity contribution >= 4 is 5.91 Å². The Morgan fingerprint density at radius 2 is 1.87 bits per heavy atom. The fraction of sp³-hybridized carbons (Fsp3) is 0.389. The molecule has 2 rings (SSSR count). The molecule has 0 aliphatic carbocycles. The van der Waals surface area contributed by atoms with E-state index in [4.69, 9.17) is 0 Å². The van der Waals surface area contributed by atoms with Crippen molar-refractivity contribution in [1.82, 2.24) is 14.9 Å². The van der Waals surface area contributed by atoms with Crippen molar-refractivity contribution in [3.05, 3.63) is 52.4 Å². The van der Waals surface area contributed by atoms with E-state index in [1.54, 1.807) is 0 Å². The van der Waals surface area contributed by atoms with Crippen molar-refractivity contribution in [3.8, 4) is 11.4 Å². The molecule has 0 saturated heterocycles. The summed E-state index contributed by atoms with van der Waals surface area (Å²) in [6.07, 6.45) is 0.671. The van der Waals surface area contributed by atoms with E-state index in [0.717, 1.165) is 11.3 Å². The maximum Gasteiger partial charge on any atom is 0.254 e. The molecule has 0 bridgehead atoms. The molecule has 2 aromatic rings. The molecule has 5 nitrogen and oxygen atoms in total. The number of hydrogen-bond donors (Lipinski definition) is 1. The molecule has 122 valence electrons. The number of aromatic nitrogens is 2. The third kappa shape index (κ3) is 4.52. The molecule has 1 N–H and O–H groups in total. The molecule has 1 aromatic heterocycles. The van der Waals surface area contributed by atoms with E-state index >= 15 is 0 Å². The van der Waals surface area contributed by atoms with Gasteiger partial charge < -0.3 is 5.32 Å². The standard InChI is InChI=1S/C18H23N3O2/c1-5-14-11-16(23)21(12-15(22)20-18(2,3)4)17(19-14)13-9-7-6-8-10-13/h6-11H,5,12H2,1-4H3,(H,20,22). The Labute approximate surface area is 136 Å². The Morgan fingerprint density at radius 3 is 2.43 bits per heavy atom. The summed E-state index contributed by atoms with van der Waals surface area (Å²) in [7, 11) is 0. The average Bonchev–Trinajstić information content (AvgIpc) is 2.48. The molecular weight excluding hydrogens is 290 g/mol. The summed E-state index contributed by atoms with van der Waals surface area (Å²) >= 11 is 0. The predicted octanol–water partition coefficient (Wildman–Crippen LogP) is 2.39. The first-order chi connectivity index (χ1) is 10.8. The molecule has 0 unspecified atom stereocenters. The largest absolute Gasteiger partial charge is 0.350 e. The lowest BCUT2D eigenvalue weighted by molar-refractivity contribution is -0.123. The van der Waals surface area contributed by atoms with Gasteiger partial charge in [0.05, 0.1) is 0 Å². The zero-order valence-corrected chi connectivity index (χ0v) is 14.1. The number of aryl methyl sites for hydroxylation is 1. The van der Waals surface area contributed by atoms with Crippen molar-refractivity contribution in [2.45, 2.75) is 46.2 Å². The van der Waals surface area contributed by atoms with Gasteiger partial charge in [-0.25, -0.2) is 4.98 Å². The SMILES string of the molecule is CCc1cc(=O)n(CC(=O)NC(C)(C)C)c(-c2ccccc2)n1. The summed E-state index contributed by atoms with van der Waals surface area (Å²) in [5, 5.41) is 2.88. The molecule has 0 fully saturated rings. The van der Waals surface area contributed by atoms with Gasteiger partial charge >= 0.3 is 0 Å². The Hall–Kier alpha value is -2.43. The van der Waals surface area contributed by atoms with Crippen LogP contribution in [0.3, 0.4) is 0 Å². The van der Waals surface area contributed by atoms with Crippen LogP contribution in [0.2, 0.25) is 0 Å². The summed E-state index contributed by atoms with van der Waals surface area (Å²) in [5.74, 6) is 0.321. The minimum Gasteiger partial charge on any atom is -0.350 e. The maximum atomic E-state index is 12.4. The van der Waals surface area contributed by atoms with Crippen LogP contribution in [0.4, 0.5) is 0 Å². The Bertz CT molecular complexity index is 743. The van der Waals surface area contributed by atoms with Gasteiger partial charge in [-0.05, 0) is 27.2 Å². The molecule has 0 spiro atoms. The van der Waals surface area contributed by atoms with E-state index in [0.29, 0.717) is 12.2 Å². The molecule has 0 aliphatic rings. The van der Waals surface area contributed by atoms with Gasteiger partial charge in [-0.1, -0.05) is 37.3 Å². The van der Waals surface area contributed by atoms with Crippen molar-refractivity contribution < 1.29 is 4.79 Å². The first-order valence-corrected chi connectivity index (χ1v) is 7.77. The fourth-order valence-electron chi connectivity index (χ4n) is 2.30. The van der Waals surface area contributed by atoms with Gasteiger partial charge in [0.25, 0.3) is 5.56 Å². The first-order valence-electron chi connectivity index (χ1n) is 7.77. The topological polar surface area (TPSA) is 64.0 Å². The van der Waals surface area contributed by atoms with Gasteiger partial charge in [-0.15, -0.1) is 0 Å². The van der Waals surface area contributed by atoms with Crippen LogP contribution >= 0.6 is 0 Å². The molecule has 5 heteroatoms. The van der Waals surface area contributed by atoms with Gasteiger partial charge in [-0.2, -0.15) is 0 Å². The second-order valence-corrected chi connectivity index (χ2v) is 6.51. The highest BCUT2D eigenvalue weighted by molar-refractivity contribution is 5.77. The number of nitrogens with zero attached hydrogens (tertiary/aromatic N) is 2. The summed E-state index contributed by atoms with van der Waals surface area (Å²) < 4.78 is 1.43. The Morgan fingerprint density at radius 1 is 1.22 bits per heavy atom. The van der Waals surface area contributed by atoms with Crippen LogP contribution in [0.1, 0.15) is 33.4 Å². The van der Waals surface area contributed by atoms with Crippen LogP contribution in [0.5, 0.6) is 0 Å². The zero-order chi connectivity index (χ0) is 17.0. The van der Waals surface area contributed by atoms with Crippen LogP contribution in [-0.4, -0.2) is 21.0 Å². The minimum atomic E-state index is -0.343. The van der Waals surface area contributed by atoms with E-state index in [1.165, 1.54) is 10.6 Å². The van der Waals surface area contributed by atoms with E-state index in [2.05, 4.69) is 10.3 Å². The van der Waals surface area contributed by atoms with Crippen molar-refractivity contribution in [2.75, 3.05) is 0 Å². The van der Waals surface area contributed by atoms with Gasteiger partial charge in [0.15, 0.2) is 0 Å². The number of hydrogen-bond acceptors (Lipinski definition) is 3. The summed E-state index contributed by atoms with van der Waals surface area (Å²) in [6.45, 7) is 7.63. The van der Waals surface area contributed by atoms with Crippen LogP contribution in [0, 0.1) is 0 Å². The highest BCUT2D eigenvalue weighted by atomic mass is 16.2. The quantitative estimate of drug-likeness (QED) is 0.942. The molecular formula is C18H23N3O2. The van der Waals surface area contributed by atoms with Gasteiger partial charge in [0, 0.05) is 22.9 Å². The van der Waals surface area contributed by atoms with E-state index in [1.807, 2.05) is 58.0 Å². The van der Waals surface area contributed by atoms with Gasteiger partial charge in [0.2, 0.25) is 5.91 Å². The lowest BCUT2D eigenvalue weighted by Crippen LogP contribution is -2.43. The molecule has 1 aromatic carbocycles. The molecule has 0 atom stereocenters. The van der Waals surface area contributed by atoms with E-state index in [-0.39, 0.29) is 23.6 Å².